The number of hydrogen-bond acceptors (Lipinski definition) is 4. The van der Waals surface area contributed by atoms with Crippen molar-refractivity contribution in [1.82, 2.24) is 9.80 Å². The van der Waals surface area contributed by atoms with Gasteiger partial charge < -0.3 is 19.3 Å². The van der Waals surface area contributed by atoms with Gasteiger partial charge in [0.15, 0.2) is 0 Å². The average Bonchev–Trinajstić information content (AvgIpc) is 2.58. The van der Waals surface area contributed by atoms with E-state index in [0.29, 0.717) is 13.0 Å². The van der Waals surface area contributed by atoms with Crippen LogP contribution in [-0.2, 0) is 16.1 Å². The van der Waals surface area contributed by atoms with Crippen LogP contribution in [0.5, 0.6) is 0 Å². The second-order valence-electron chi connectivity index (χ2n) is 7.45. The van der Waals surface area contributed by atoms with Gasteiger partial charge in [0.1, 0.15) is 18.4 Å². The average molecular weight is 366 g/mol. The third-order valence-corrected chi connectivity index (χ3v) is 4.15. The molecule has 0 N–H and O–H groups in total. The fourth-order valence-electron chi connectivity index (χ4n) is 2.77. The van der Waals surface area contributed by atoms with Crippen molar-refractivity contribution in [1.29, 1.82) is 0 Å². The van der Waals surface area contributed by atoms with E-state index < -0.39 is 30.0 Å². The van der Waals surface area contributed by atoms with E-state index in [4.69, 9.17) is 9.47 Å². The van der Waals surface area contributed by atoms with E-state index in [2.05, 4.69) is 0 Å². The van der Waals surface area contributed by atoms with Gasteiger partial charge in [-0.05, 0) is 32.8 Å². The van der Waals surface area contributed by atoms with Crippen molar-refractivity contribution in [2.24, 2.45) is 0 Å². The van der Waals surface area contributed by atoms with E-state index in [-0.39, 0.29) is 13.2 Å². The molecule has 26 heavy (non-hydrogen) atoms. The Morgan fingerprint density at radius 1 is 1.27 bits per heavy atom. The number of likely N-dealkylation sites (tertiary alicyclic amines) is 1. The summed E-state index contributed by atoms with van der Waals surface area (Å²) in [5.74, 6) is 0. The maximum Gasteiger partial charge on any atom is 0.410 e. The van der Waals surface area contributed by atoms with Gasteiger partial charge in [0.05, 0.1) is 12.6 Å². The molecule has 0 saturated carbocycles. The molecule has 2 rings (SSSR count). The minimum atomic E-state index is -1.36. The normalized spacial score (nSPS) is 20.4. The van der Waals surface area contributed by atoms with Gasteiger partial charge in [-0.15, -0.1) is 0 Å². The van der Waals surface area contributed by atoms with E-state index in [1.165, 1.54) is 16.8 Å². The summed E-state index contributed by atoms with van der Waals surface area (Å²) in [6.45, 7) is 5.65. The zero-order chi connectivity index (χ0) is 19.3. The maximum absolute atomic E-state index is 14.6. The zero-order valence-electron chi connectivity index (χ0n) is 15.8. The van der Waals surface area contributed by atoms with Crippen LogP contribution < -0.4 is 0 Å². The molecule has 1 saturated heterocycles. The van der Waals surface area contributed by atoms with Crippen molar-refractivity contribution >= 4 is 12.2 Å². The first-order valence-corrected chi connectivity index (χ1v) is 8.73. The molecule has 1 aromatic carbocycles. The second kappa shape index (κ2) is 8.38. The molecule has 2 atom stereocenters. The number of hydrogen-bond donors (Lipinski definition) is 0. The summed E-state index contributed by atoms with van der Waals surface area (Å²) in [6, 6.07) is 8.69. The maximum atomic E-state index is 14.6. The molecule has 6 nitrogen and oxygen atoms in total. The van der Waals surface area contributed by atoms with Crippen molar-refractivity contribution in [3.63, 3.8) is 0 Å². The van der Waals surface area contributed by atoms with E-state index in [1.54, 1.807) is 20.8 Å². The Hall–Kier alpha value is -2.31. The molecule has 1 aliphatic rings. The molecule has 0 bridgehead atoms. The van der Waals surface area contributed by atoms with Gasteiger partial charge >= 0.3 is 12.2 Å². The molecular formula is C19H27FN2O4. The highest BCUT2D eigenvalue weighted by molar-refractivity contribution is 5.69. The number of rotatable bonds is 3. The van der Waals surface area contributed by atoms with Crippen molar-refractivity contribution < 1.29 is 23.5 Å². The van der Waals surface area contributed by atoms with Crippen LogP contribution in [0.2, 0.25) is 0 Å². The Kier molecular flexibility index (Phi) is 6.45. The molecule has 1 aromatic rings. The van der Waals surface area contributed by atoms with Crippen LogP contribution in [0.25, 0.3) is 0 Å². The van der Waals surface area contributed by atoms with Crippen LogP contribution in [0.4, 0.5) is 14.0 Å². The molecule has 0 radical (unpaired) electrons. The van der Waals surface area contributed by atoms with Crippen LogP contribution in [0, 0.1) is 0 Å². The number of carbonyl (C=O) groups is 2. The fourth-order valence-corrected chi connectivity index (χ4v) is 2.77. The number of amides is 2. The van der Waals surface area contributed by atoms with Gasteiger partial charge in [-0.2, -0.15) is 0 Å². The minimum Gasteiger partial charge on any atom is -0.445 e. The molecule has 0 unspecified atom stereocenters. The largest absolute Gasteiger partial charge is 0.445 e. The summed E-state index contributed by atoms with van der Waals surface area (Å²) >= 11 is 0. The lowest BCUT2D eigenvalue weighted by molar-refractivity contribution is -0.00298. The topological polar surface area (TPSA) is 59.1 Å². The van der Waals surface area contributed by atoms with Crippen molar-refractivity contribution in [3.05, 3.63) is 35.9 Å². The summed E-state index contributed by atoms with van der Waals surface area (Å²) in [4.78, 5) is 26.9. The fraction of sp³-hybridized carbons (Fsp3) is 0.579. The first kappa shape index (κ1) is 20.0. The molecule has 2 amide bonds. The molecule has 1 aliphatic heterocycles. The third-order valence-electron chi connectivity index (χ3n) is 4.15. The molecule has 144 valence electrons. The number of piperidine rings is 1. The lowest BCUT2D eigenvalue weighted by Gasteiger charge is -2.38. The predicted octanol–water partition coefficient (Wildman–Crippen LogP) is 3.60. The third kappa shape index (κ3) is 5.61. The molecular weight excluding hydrogens is 339 g/mol. The van der Waals surface area contributed by atoms with E-state index in [1.807, 2.05) is 30.3 Å². The minimum absolute atomic E-state index is 0.106. The molecule has 0 aliphatic carbocycles. The monoisotopic (exact) mass is 366 g/mol. The van der Waals surface area contributed by atoms with Gasteiger partial charge in [-0.25, -0.2) is 14.0 Å². The molecule has 0 aromatic heterocycles. The highest BCUT2D eigenvalue weighted by Gasteiger charge is 2.37. The summed E-state index contributed by atoms with van der Waals surface area (Å²) < 4.78 is 25.1. The van der Waals surface area contributed by atoms with Crippen LogP contribution >= 0.6 is 0 Å². The Labute approximate surface area is 153 Å². The number of halogens is 1. The van der Waals surface area contributed by atoms with E-state index in [0.717, 1.165) is 5.56 Å². The van der Waals surface area contributed by atoms with Crippen LogP contribution in [0.15, 0.2) is 30.3 Å². The number of nitrogens with zero attached hydrogens (tertiary/aromatic N) is 2. The van der Waals surface area contributed by atoms with Crippen LogP contribution in [-0.4, -0.2) is 59.9 Å². The zero-order valence-corrected chi connectivity index (χ0v) is 15.8. The van der Waals surface area contributed by atoms with Crippen LogP contribution in [0.1, 0.15) is 32.8 Å². The lowest BCUT2D eigenvalue weighted by Crippen LogP contribution is -2.54. The summed E-state index contributed by atoms with van der Waals surface area (Å²) in [7, 11) is 1.52. The highest BCUT2D eigenvalue weighted by atomic mass is 19.1. The number of carbonyl (C=O) groups excluding carboxylic acids is 2. The molecule has 1 fully saturated rings. The Bertz CT molecular complexity index is 618. The molecule has 1 heterocycles. The standard InChI is InChI=1S/C19H27FN2O4/c1-19(2,3)26-17(23)21(4)16-10-11-22(12-15(16)20)18(24)25-13-14-8-6-5-7-9-14/h5-9,15-16H,10-13H2,1-4H3/t15-,16-/m0/s1. The highest BCUT2D eigenvalue weighted by Crippen LogP contribution is 2.21. The quantitative estimate of drug-likeness (QED) is 0.820. The van der Waals surface area contributed by atoms with Gasteiger partial charge in [0, 0.05) is 13.6 Å². The smallest absolute Gasteiger partial charge is 0.410 e. The number of ether oxygens (including phenoxy) is 2. The van der Waals surface area contributed by atoms with Gasteiger partial charge in [-0.1, -0.05) is 30.3 Å². The number of alkyl halides is 1. The molecule has 7 heteroatoms. The summed E-state index contributed by atoms with van der Waals surface area (Å²) in [5.41, 5.74) is 0.233. The Morgan fingerprint density at radius 2 is 1.92 bits per heavy atom. The van der Waals surface area contributed by atoms with Crippen molar-refractivity contribution in [2.45, 2.75) is 51.6 Å². The predicted molar refractivity (Wildman–Crippen MR) is 95.5 cm³/mol. The SMILES string of the molecule is CN(C(=O)OC(C)(C)C)[C@H]1CCN(C(=O)OCc2ccccc2)C[C@@H]1F. The lowest BCUT2D eigenvalue weighted by atomic mass is 10.0. The van der Waals surface area contributed by atoms with E-state index in [9.17, 15) is 14.0 Å². The molecule has 0 spiro atoms. The van der Waals surface area contributed by atoms with E-state index >= 15 is 0 Å². The summed E-state index contributed by atoms with van der Waals surface area (Å²) in [6.07, 6.45) is -2.14. The second-order valence-corrected chi connectivity index (χ2v) is 7.45. The first-order chi connectivity index (χ1) is 12.2. The first-order valence-electron chi connectivity index (χ1n) is 8.73. The Balaban J connectivity index is 1.85. The van der Waals surface area contributed by atoms with Gasteiger partial charge in [0.25, 0.3) is 0 Å². The number of benzene rings is 1. The van der Waals surface area contributed by atoms with Crippen molar-refractivity contribution in [2.75, 3.05) is 20.1 Å². The Morgan fingerprint density at radius 3 is 2.50 bits per heavy atom. The van der Waals surface area contributed by atoms with Crippen molar-refractivity contribution in [3.8, 4) is 0 Å². The van der Waals surface area contributed by atoms with Crippen LogP contribution in [0.3, 0.4) is 0 Å². The van der Waals surface area contributed by atoms with Gasteiger partial charge in [0.2, 0.25) is 0 Å². The van der Waals surface area contributed by atoms with Gasteiger partial charge in [-0.3, -0.25) is 0 Å². The summed E-state index contributed by atoms with van der Waals surface area (Å²) in [5, 5.41) is 0.